The summed E-state index contributed by atoms with van der Waals surface area (Å²) in [4.78, 5) is 25.0. The second kappa shape index (κ2) is 8.14. The van der Waals surface area contributed by atoms with E-state index in [1.807, 2.05) is 0 Å². The molecule has 0 bridgehead atoms. The summed E-state index contributed by atoms with van der Waals surface area (Å²) in [5.41, 5.74) is 7.45. The first kappa shape index (κ1) is 20.1. The number of aliphatic carboxylic acids is 1. The van der Waals surface area contributed by atoms with Gasteiger partial charge in [0.05, 0.1) is 24.9 Å². The van der Waals surface area contributed by atoms with Crippen molar-refractivity contribution in [1.29, 1.82) is 5.41 Å². The number of nitrogens with one attached hydrogen (secondary N) is 1. The van der Waals surface area contributed by atoms with Gasteiger partial charge in [-0.1, -0.05) is 24.3 Å². The van der Waals surface area contributed by atoms with Gasteiger partial charge >= 0.3 is 5.97 Å². The van der Waals surface area contributed by atoms with E-state index in [-0.39, 0.29) is 30.1 Å². The quantitative estimate of drug-likeness (QED) is 0.490. The molecule has 4 N–H and O–H groups in total. The third kappa shape index (κ3) is 4.11. The van der Waals surface area contributed by atoms with Crippen LogP contribution in [0.15, 0.2) is 48.2 Å². The summed E-state index contributed by atoms with van der Waals surface area (Å²) >= 11 is 0. The van der Waals surface area contributed by atoms with Gasteiger partial charge in [0.15, 0.2) is 0 Å². The van der Waals surface area contributed by atoms with E-state index in [4.69, 9.17) is 21.0 Å². The molecule has 2 aromatic carbocycles. The van der Waals surface area contributed by atoms with Crippen molar-refractivity contribution in [3.05, 3.63) is 70.7 Å². The van der Waals surface area contributed by atoms with Gasteiger partial charge in [-0.15, -0.1) is 0 Å². The molecule has 1 amide bonds. The molecule has 0 spiro atoms. The van der Waals surface area contributed by atoms with Gasteiger partial charge < -0.3 is 15.6 Å². The Balaban J connectivity index is 1.88. The molecule has 0 fully saturated rings. The van der Waals surface area contributed by atoms with Crippen LogP contribution in [0.4, 0.5) is 10.1 Å². The number of carbonyl (C=O) groups excluding carboxylic acids is 1. The summed E-state index contributed by atoms with van der Waals surface area (Å²) < 4.78 is 19.9. The molecule has 1 aliphatic heterocycles. The lowest BCUT2D eigenvalue weighted by Crippen LogP contribution is -2.28. The van der Waals surface area contributed by atoms with Crippen LogP contribution < -0.4 is 10.6 Å². The van der Waals surface area contributed by atoms with Crippen LogP contribution in [0.5, 0.6) is 0 Å². The number of nitrogens with two attached hydrogens (primary N) is 1. The number of rotatable bonds is 7. The molecular formula is C21H20FN3O4. The monoisotopic (exact) mass is 397 g/mol. The maximum atomic E-state index is 14.5. The predicted molar refractivity (Wildman–Crippen MR) is 106 cm³/mol. The summed E-state index contributed by atoms with van der Waals surface area (Å²) in [7, 11) is 1.45. The van der Waals surface area contributed by atoms with E-state index in [0.717, 1.165) is 11.6 Å². The number of halogens is 1. The summed E-state index contributed by atoms with van der Waals surface area (Å²) in [6, 6.07) is 11.0. The number of benzene rings is 2. The second-order valence-corrected chi connectivity index (χ2v) is 6.56. The van der Waals surface area contributed by atoms with Gasteiger partial charge in [0, 0.05) is 12.0 Å². The fourth-order valence-electron chi connectivity index (χ4n) is 3.18. The van der Waals surface area contributed by atoms with Crippen LogP contribution in [0.25, 0.3) is 5.57 Å². The van der Waals surface area contributed by atoms with Gasteiger partial charge in [-0.3, -0.25) is 19.9 Å². The van der Waals surface area contributed by atoms with Crippen molar-refractivity contribution >= 4 is 29.0 Å². The Kier molecular flexibility index (Phi) is 5.63. The van der Waals surface area contributed by atoms with Crippen molar-refractivity contribution in [3.8, 4) is 0 Å². The van der Waals surface area contributed by atoms with E-state index in [1.54, 1.807) is 24.3 Å². The third-order valence-corrected chi connectivity index (χ3v) is 4.71. The fraction of sp³-hybridized carbons (Fsp3) is 0.190. The number of carboxylic acid groups (broad SMARTS) is 1. The molecule has 150 valence electrons. The number of aryl methyl sites for hydroxylation is 1. The largest absolute Gasteiger partial charge is 0.498 e. The molecule has 1 aliphatic rings. The van der Waals surface area contributed by atoms with Crippen molar-refractivity contribution < 1.29 is 23.8 Å². The standard InChI is InChI=1S/C21H20FN3O4/c1-29-17-11-25(16-8-7-14(20(23)24)10-15(16)22)21(28)19(17)13-5-2-12(3-6-13)4-9-18(26)27/h2-3,5-8,10H,4,9,11H2,1H3,(H3,23,24)(H,26,27). The van der Waals surface area contributed by atoms with Crippen LogP contribution in [-0.2, 0) is 20.7 Å². The summed E-state index contributed by atoms with van der Waals surface area (Å²) in [5, 5.41) is 16.2. The lowest BCUT2D eigenvalue weighted by Gasteiger charge is -2.18. The van der Waals surface area contributed by atoms with Crippen LogP contribution in [0, 0.1) is 11.2 Å². The Bertz CT molecular complexity index is 1020. The zero-order chi connectivity index (χ0) is 21.1. The normalized spacial score (nSPS) is 13.7. The first-order valence-electron chi connectivity index (χ1n) is 8.86. The molecule has 0 unspecified atom stereocenters. The Morgan fingerprint density at radius 1 is 1.28 bits per heavy atom. The first-order valence-corrected chi connectivity index (χ1v) is 8.86. The van der Waals surface area contributed by atoms with Gasteiger partial charge in [-0.05, 0) is 35.7 Å². The summed E-state index contributed by atoms with van der Waals surface area (Å²) in [6.07, 6.45) is 0.410. The van der Waals surface area contributed by atoms with E-state index < -0.39 is 17.7 Å². The van der Waals surface area contributed by atoms with Gasteiger partial charge in [0.1, 0.15) is 17.4 Å². The highest BCUT2D eigenvalue weighted by Gasteiger charge is 2.34. The van der Waals surface area contributed by atoms with Gasteiger partial charge in [0.25, 0.3) is 5.91 Å². The van der Waals surface area contributed by atoms with Crippen LogP contribution in [0.1, 0.15) is 23.1 Å². The number of carbonyl (C=O) groups is 2. The Hall–Kier alpha value is -3.68. The predicted octanol–water partition coefficient (Wildman–Crippen LogP) is 2.53. The van der Waals surface area contributed by atoms with Crippen LogP contribution in [-0.4, -0.2) is 36.5 Å². The molecule has 0 saturated heterocycles. The van der Waals surface area contributed by atoms with E-state index in [0.29, 0.717) is 23.3 Å². The van der Waals surface area contributed by atoms with Gasteiger partial charge in [0.2, 0.25) is 0 Å². The lowest BCUT2D eigenvalue weighted by molar-refractivity contribution is -0.137. The van der Waals surface area contributed by atoms with Crippen molar-refractivity contribution in [2.45, 2.75) is 12.8 Å². The van der Waals surface area contributed by atoms with E-state index in [2.05, 4.69) is 0 Å². The highest BCUT2D eigenvalue weighted by atomic mass is 19.1. The lowest BCUT2D eigenvalue weighted by atomic mass is 10.0. The molecular weight excluding hydrogens is 377 g/mol. The second-order valence-electron chi connectivity index (χ2n) is 6.56. The minimum Gasteiger partial charge on any atom is -0.498 e. The smallest absolute Gasteiger partial charge is 0.303 e. The number of hydrogen-bond acceptors (Lipinski definition) is 4. The van der Waals surface area contributed by atoms with Crippen molar-refractivity contribution in [3.63, 3.8) is 0 Å². The van der Waals surface area contributed by atoms with Crippen molar-refractivity contribution in [2.24, 2.45) is 5.73 Å². The molecule has 0 aromatic heterocycles. The molecule has 0 atom stereocenters. The SMILES string of the molecule is COC1=C(c2ccc(CCC(=O)O)cc2)C(=O)N(c2ccc(C(=N)N)cc2F)C1. The minimum absolute atomic E-state index is 0.0214. The van der Waals surface area contributed by atoms with Crippen LogP contribution in [0.3, 0.4) is 0 Å². The van der Waals surface area contributed by atoms with Crippen LogP contribution >= 0.6 is 0 Å². The zero-order valence-corrected chi connectivity index (χ0v) is 15.7. The van der Waals surface area contributed by atoms with Crippen molar-refractivity contribution in [2.75, 3.05) is 18.6 Å². The summed E-state index contributed by atoms with van der Waals surface area (Å²) in [6.45, 7) is 0.0712. The van der Waals surface area contributed by atoms with Gasteiger partial charge in [-0.2, -0.15) is 0 Å². The number of anilines is 1. The molecule has 7 nitrogen and oxygen atoms in total. The maximum absolute atomic E-state index is 14.5. The molecule has 29 heavy (non-hydrogen) atoms. The number of methoxy groups -OCH3 is 1. The Morgan fingerprint density at radius 3 is 2.52 bits per heavy atom. The average molecular weight is 397 g/mol. The van der Waals surface area contributed by atoms with E-state index in [9.17, 15) is 14.0 Å². The first-order chi connectivity index (χ1) is 13.8. The Labute approximate surface area is 166 Å². The van der Waals surface area contributed by atoms with Crippen molar-refractivity contribution in [1.82, 2.24) is 0 Å². The van der Waals surface area contributed by atoms with Gasteiger partial charge in [-0.25, -0.2) is 4.39 Å². The topological polar surface area (TPSA) is 117 Å². The molecule has 8 heteroatoms. The average Bonchev–Trinajstić information content (AvgIpc) is 3.02. The summed E-state index contributed by atoms with van der Waals surface area (Å²) in [5.74, 6) is -1.80. The number of amides is 1. The number of nitrogens with zero attached hydrogens (tertiary/aromatic N) is 1. The molecule has 3 rings (SSSR count). The molecule has 0 radical (unpaired) electrons. The Morgan fingerprint density at radius 2 is 1.97 bits per heavy atom. The molecule has 1 heterocycles. The molecule has 0 saturated carbocycles. The highest BCUT2D eigenvalue weighted by molar-refractivity contribution is 6.29. The fourth-order valence-corrected chi connectivity index (χ4v) is 3.18. The van der Waals surface area contributed by atoms with E-state index in [1.165, 1.54) is 24.1 Å². The number of nitrogen functional groups attached to an aromatic ring is 1. The maximum Gasteiger partial charge on any atom is 0.303 e. The minimum atomic E-state index is -0.877. The number of amidine groups is 1. The number of carboxylic acids is 1. The zero-order valence-electron chi connectivity index (χ0n) is 15.7. The van der Waals surface area contributed by atoms with E-state index >= 15 is 0 Å². The highest BCUT2D eigenvalue weighted by Crippen LogP contribution is 2.33. The number of hydrogen-bond donors (Lipinski definition) is 3. The third-order valence-electron chi connectivity index (χ3n) is 4.71. The molecule has 2 aromatic rings. The number of ether oxygens (including phenoxy) is 1. The van der Waals surface area contributed by atoms with Crippen LogP contribution in [0.2, 0.25) is 0 Å². The molecule has 0 aliphatic carbocycles.